The molecule has 1 heterocycles. The number of rotatable bonds is 5. The van der Waals surface area contributed by atoms with Crippen molar-refractivity contribution in [1.29, 1.82) is 0 Å². The number of nitrogens with zero attached hydrogens (tertiary/aromatic N) is 2. The zero-order valence-corrected chi connectivity index (χ0v) is 12.6. The van der Waals surface area contributed by atoms with Gasteiger partial charge in [-0.25, -0.2) is 0 Å². The minimum absolute atomic E-state index is 0.178. The number of hydrogen-bond donors (Lipinski definition) is 2. The summed E-state index contributed by atoms with van der Waals surface area (Å²) in [5.74, 6) is 0.505. The molecule has 0 saturated heterocycles. The number of para-hydroxylation sites is 1. The maximum Gasteiger partial charge on any atom is 0.264 e. The Labute approximate surface area is 133 Å². The molecule has 0 spiro atoms. The van der Waals surface area contributed by atoms with Crippen molar-refractivity contribution in [2.24, 2.45) is 0 Å². The van der Waals surface area contributed by atoms with Crippen molar-refractivity contribution in [3.05, 3.63) is 60.7 Å². The fourth-order valence-electron chi connectivity index (χ4n) is 2.01. The quantitative estimate of drug-likeness (QED) is 0.756. The van der Waals surface area contributed by atoms with Gasteiger partial charge in [-0.2, -0.15) is 4.98 Å². The normalized spacial score (nSPS) is 11.7. The van der Waals surface area contributed by atoms with Crippen LogP contribution in [0, 0.1) is 0 Å². The zero-order valence-electron chi connectivity index (χ0n) is 12.6. The maximum atomic E-state index is 12.1. The van der Waals surface area contributed by atoms with Crippen molar-refractivity contribution >= 4 is 17.5 Å². The number of benzene rings is 2. The first-order valence-corrected chi connectivity index (χ1v) is 7.24. The van der Waals surface area contributed by atoms with E-state index in [-0.39, 0.29) is 11.9 Å². The van der Waals surface area contributed by atoms with Gasteiger partial charge in [0.1, 0.15) is 6.04 Å². The molecule has 2 aromatic carbocycles. The highest BCUT2D eigenvalue weighted by Crippen LogP contribution is 2.18. The van der Waals surface area contributed by atoms with Crippen molar-refractivity contribution < 1.29 is 9.32 Å². The summed E-state index contributed by atoms with van der Waals surface area (Å²) in [6.45, 7) is 1.73. The summed E-state index contributed by atoms with van der Waals surface area (Å²) in [7, 11) is 0. The highest BCUT2D eigenvalue weighted by Gasteiger charge is 2.16. The van der Waals surface area contributed by atoms with E-state index in [1.165, 1.54) is 0 Å². The van der Waals surface area contributed by atoms with Gasteiger partial charge in [-0.05, 0) is 36.3 Å². The van der Waals surface area contributed by atoms with Crippen molar-refractivity contribution in [2.75, 3.05) is 10.6 Å². The Hall–Kier alpha value is -3.15. The number of nitrogens with one attached hydrogen (secondary N) is 2. The van der Waals surface area contributed by atoms with E-state index in [2.05, 4.69) is 20.8 Å². The lowest BCUT2D eigenvalue weighted by Gasteiger charge is -2.12. The Bertz CT molecular complexity index is 772. The smallest absolute Gasteiger partial charge is 0.264 e. The molecular formula is C17H16N4O2. The van der Waals surface area contributed by atoms with Crippen LogP contribution in [0.3, 0.4) is 0 Å². The predicted molar refractivity (Wildman–Crippen MR) is 87.9 cm³/mol. The van der Waals surface area contributed by atoms with Crippen molar-refractivity contribution in [3.8, 4) is 11.5 Å². The molecular weight excluding hydrogens is 292 g/mol. The Balaban J connectivity index is 1.63. The molecule has 0 radical (unpaired) electrons. The van der Waals surface area contributed by atoms with Crippen LogP contribution in [0.2, 0.25) is 0 Å². The van der Waals surface area contributed by atoms with E-state index in [4.69, 9.17) is 4.52 Å². The second kappa shape index (κ2) is 6.74. The van der Waals surface area contributed by atoms with Crippen LogP contribution in [0.4, 0.5) is 11.6 Å². The fraction of sp³-hybridized carbons (Fsp3) is 0.118. The highest BCUT2D eigenvalue weighted by atomic mass is 16.5. The van der Waals surface area contributed by atoms with Gasteiger partial charge in [-0.3, -0.25) is 4.79 Å². The molecule has 0 fully saturated rings. The van der Waals surface area contributed by atoms with Crippen LogP contribution in [0.15, 0.2) is 65.2 Å². The number of hydrogen-bond acceptors (Lipinski definition) is 5. The lowest BCUT2D eigenvalue weighted by atomic mass is 10.2. The zero-order chi connectivity index (χ0) is 16.1. The second-order valence-corrected chi connectivity index (χ2v) is 5.01. The number of carbonyl (C=O) groups is 1. The third kappa shape index (κ3) is 3.74. The van der Waals surface area contributed by atoms with Crippen LogP contribution in [0.1, 0.15) is 6.92 Å². The van der Waals surface area contributed by atoms with Gasteiger partial charge >= 0.3 is 0 Å². The monoisotopic (exact) mass is 308 g/mol. The number of amides is 1. The molecule has 23 heavy (non-hydrogen) atoms. The van der Waals surface area contributed by atoms with Gasteiger partial charge in [0.05, 0.1) is 0 Å². The molecule has 0 aliphatic rings. The van der Waals surface area contributed by atoms with Gasteiger partial charge < -0.3 is 15.2 Å². The molecule has 116 valence electrons. The molecule has 0 saturated carbocycles. The first kappa shape index (κ1) is 14.8. The van der Waals surface area contributed by atoms with Gasteiger partial charge in [-0.15, -0.1) is 0 Å². The minimum Gasteiger partial charge on any atom is -0.340 e. The van der Waals surface area contributed by atoms with Gasteiger partial charge in [-0.1, -0.05) is 36.4 Å². The lowest BCUT2D eigenvalue weighted by molar-refractivity contribution is -0.116. The summed E-state index contributed by atoms with van der Waals surface area (Å²) < 4.78 is 5.19. The first-order chi connectivity index (χ1) is 11.2. The molecule has 6 heteroatoms. The minimum atomic E-state index is -0.503. The van der Waals surface area contributed by atoms with E-state index in [9.17, 15) is 4.79 Å². The molecule has 1 amide bonds. The van der Waals surface area contributed by atoms with Crippen molar-refractivity contribution in [1.82, 2.24) is 10.1 Å². The molecule has 1 atom stereocenters. The van der Waals surface area contributed by atoms with Crippen molar-refractivity contribution in [2.45, 2.75) is 13.0 Å². The van der Waals surface area contributed by atoms with Gasteiger partial charge in [0, 0.05) is 11.3 Å². The predicted octanol–water partition coefficient (Wildman–Crippen LogP) is 3.18. The summed E-state index contributed by atoms with van der Waals surface area (Å²) in [4.78, 5) is 16.4. The van der Waals surface area contributed by atoms with Crippen LogP contribution < -0.4 is 10.6 Å². The first-order valence-electron chi connectivity index (χ1n) is 7.24. The lowest BCUT2D eigenvalue weighted by Crippen LogP contribution is -2.32. The second-order valence-electron chi connectivity index (χ2n) is 5.01. The Kier molecular flexibility index (Phi) is 4.33. The van der Waals surface area contributed by atoms with Crippen LogP contribution in [0.5, 0.6) is 0 Å². The topological polar surface area (TPSA) is 80.1 Å². The summed E-state index contributed by atoms with van der Waals surface area (Å²) >= 11 is 0. The van der Waals surface area contributed by atoms with Gasteiger partial charge in [0.2, 0.25) is 5.91 Å². The third-order valence-electron chi connectivity index (χ3n) is 3.23. The summed E-state index contributed by atoms with van der Waals surface area (Å²) in [6.07, 6.45) is 0. The number of aromatic nitrogens is 2. The number of carbonyl (C=O) groups excluding carboxylic acids is 1. The Morgan fingerprint density at radius 2 is 1.70 bits per heavy atom. The maximum absolute atomic E-state index is 12.1. The largest absolute Gasteiger partial charge is 0.340 e. The summed E-state index contributed by atoms with van der Waals surface area (Å²) in [6, 6.07) is 18.2. The molecule has 6 nitrogen and oxygen atoms in total. The van der Waals surface area contributed by atoms with Crippen LogP contribution in [0.25, 0.3) is 11.5 Å². The van der Waals surface area contributed by atoms with E-state index in [1.807, 2.05) is 60.7 Å². The average Bonchev–Trinajstić information content (AvgIpc) is 3.05. The standard InChI is InChI=1S/C17H16N4O2/c1-12(15(22)19-14-10-6-3-7-11-14)18-17-20-16(23-21-17)13-8-4-2-5-9-13/h2-12H,1H3,(H,18,21)(H,19,22). The van der Waals surface area contributed by atoms with E-state index in [0.29, 0.717) is 5.89 Å². The SMILES string of the molecule is CC(Nc1noc(-c2ccccc2)n1)C(=O)Nc1ccccc1. The molecule has 1 aromatic heterocycles. The molecule has 1 unspecified atom stereocenters. The summed E-state index contributed by atoms with van der Waals surface area (Å²) in [5.41, 5.74) is 1.57. The average molecular weight is 308 g/mol. The van der Waals surface area contributed by atoms with E-state index in [0.717, 1.165) is 11.3 Å². The van der Waals surface area contributed by atoms with E-state index < -0.39 is 6.04 Å². The molecule has 3 aromatic rings. The molecule has 2 N–H and O–H groups in total. The molecule has 3 rings (SSSR count). The molecule has 0 aliphatic heterocycles. The van der Waals surface area contributed by atoms with Crippen LogP contribution in [-0.2, 0) is 4.79 Å². The van der Waals surface area contributed by atoms with Gasteiger partial charge in [0.25, 0.3) is 11.8 Å². The number of anilines is 2. The Morgan fingerprint density at radius 1 is 1.04 bits per heavy atom. The third-order valence-corrected chi connectivity index (χ3v) is 3.23. The van der Waals surface area contributed by atoms with E-state index in [1.54, 1.807) is 6.92 Å². The van der Waals surface area contributed by atoms with Crippen molar-refractivity contribution in [3.63, 3.8) is 0 Å². The summed E-state index contributed by atoms with van der Waals surface area (Å²) in [5, 5.41) is 9.58. The highest BCUT2D eigenvalue weighted by molar-refractivity contribution is 5.95. The Morgan fingerprint density at radius 3 is 2.39 bits per heavy atom. The van der Waals surface area contributed by atoms with Crippen LogP contribution in [-0.4, -0.2) is 22.1 Å². The van der Waals surface area contributed by atoms with Gasteiger partial charge in [0.15, 0.2) is 0 Å². The molecule has 0 aliphatic carbocycles. The fourth-order valence-corrected chi connectivity index (χ4v) is 2.01. The van der Waals surface area contributed by atoms with Crippen LogP contribution >= 0.6 is 0 Å². The van der Waals surface area contributed by atoms with E-state index >= 15 is 0 Å². The molecule has 0 bridgehead atoms.